The van der Waals surface area contributed by atoms with Gasteiger partial charge < -0.3 is 24.4 Å². The molecule has 218 valence electrons. The first-order valence-corrected chi connectivity index (χ1v) is 14.3. The molecule has 2 saturated heterocycles. The number of benzene rings is 3. The van der Waals surface area contributed by atoms with Gasteiger partial charge in [-0.15, -0.1) is 0 Å². The number of hydrogen-bond donors (Lipinski definition) is 1. The Morgan fingerprint density at radius 3 is 2.55 bits per heavy atom. The summed E-state index contributed by atoms with van der Waals surface area (Å²) in [6.07, 6.45) is 1.59. The van der Waals surface area contributed by atoms with E-state index in [1.54, 1.807) is 42.5 Å². The summed E-state index contributed by atoms with van der Waals surface area (Å²) in [5, 5.41) is 2.33. The molecule has 2 aliphatic heterocycles. The lowest BCUT2D eigenvalue weighted by molar-refractivity contribution is -0.127. The number of hydrogen-bond acceptors (Lipinski definition) is 8. The van der Waals surface area contributed by atoms with Gasteiger partial charge in [0, 0.05) is 13.1 Å². The molecular weight excluding hydrogens is 561 g/mol. The minimum absolute atomic E-state index is 0.198. The predicted octanol–water partition coefficient (Wildman–Crippen LogP) is 5.32. The number of carbonyl (C=O) groups is 3. The zero-order chi connectivity index (χ0) is 29.5. The van der Waals surface area contributed by atoms with Gasteiger partial charge in [-0.05, 0) is 72.3 Å². The molecule has 0 bridgehead atoms. The number of amides is 3. The van der Waals surface area contributed by atoms with Crippen LogP contribution in [0, 0.1) is 5.82 Å². The first-order chi connectivity index (χ1) is 20.4. The Balaban J connectivity index is 1.25. The van der Waals surface area contributed by atoms with E-state index in [0.29, 0.717) is 55.7 Å². The summed E-state index contributed by atoms with van der Waals surface area (Å²) < 4.78 is 30.2. The van der Waals surface area contributed by atoms with Crippen molar-refractivity contribution in [2.75, 3.05) is 49.7 Å². The van der Waals surface area contributed by atoms with E-state index in [9.17, 15) is 18.8 Å². The molecule has 11 heteroatoms. The van der Waals surface area contributed by atoms with Crippen molar-refractivity contribution >= 4 is 46.3 Å². The Labute approximate surface area is 247 Å². The van der Waals surface area contributed by atoms with E-state index in [4.69, 9.17) is 14.2 Å². The first kappa shape index (κ1) is 29.2. The van der Waals surface area contributed by atoms with E-state index < -0.39 is 23.6 Å². The number of carbonyl (C=O) groups excluding carboxylic acids is 3. The van der Waals surface area contributed by atoms with Crippen molar-refractivity contribution in [3.05, 3.63) is 88.6 Å². The molecule has 2 fully saturated rings. The topological polar surface area (TPSA) is 97.4 Å². The minimum Gasteiger partial charge on any atom is -0.490 e. The van der Waals surface area contributed by atoms with E-state index in [-0.39, 0.29) is 17.3 Å². The average Bonchev–Trinajstić information content (AvgIpc) is 3.25. The Hall–Kier alpha value is -4.35. The van der Waals surface area contributed by atoms with Gasteiger partial charge in [-0.2, -0.15) is 0 Å². The van der Waals surface area contributed by atoms with E-state index in [1.165, 1.54) is 12.1 Å². The second-order valence-corrected chi connectivity index (χ2v) is 10.5. The third kappa shape index (κ3) is 7.10. The summed E-state index contributed by atoms with van der Waals surface area (Å²) >= 11 is 0.777. The first-order valence-electron chi connectivity index (χ1n) is 13.5. The third-order valence-corrected chi connectivity index (χ3v) is 7.49. The van der Waals surface area contributed by atoms with E-state index in [0.717, 1.165) is 27.9 Å². The van der Waals surface area contributed by atoms with Crippen LogP contribution in [0.2, 0.25) is 0 Å². The van der Waals surface area contributed by atoms with Gasteiger partial charge in [-0.1, -0.05) is 30.3 Å². The van der Waals surface area contributed by atoms with E-state index >= 15 is 0 Å². The molecule has 42 heavy (non-hydrogen) atoms. The second-order valence-electron chi connectivity index (χ2n) is 9.49. The lowest BCUT2D eigenvalue weighted by Gasteiger charge is -2.30. The Morgan fingerprint density at radius 2 is 1.79 bits per heavy atom. The molecule has 3 aromatic carbocycles. The van der Waals surface area contributed by atoms with Crippen LogP contribution in [0.1, 0.15) is 18.1 Å². The molecule has 0 radical (unpaired) electrons. The van der Waals surface area contributed by atoms with Crippen molar-refractivity contribution in [1.82, 2.24) is 4.90 Å². The molecule has 3 aromatic rings. The van der Waals surface area contributed by atoms with Crippen LogP contribution >= 0.6 is 11.8 Å². The largest absolute Gasteiger partial charge is 0.490 e. The average molecular weight is 592 g/mol. The minimum atomic E-state index is -0.545. The van der Waals surface area contributed by atoms with Crippen LogP contribution in [-0.2, 0) is 20.9 Å². The van der Waals surface area contributed by atoms with Gasteiger partial charge in [0.15, 0.2) is 11.5 Å². The maximum absolute atomic E-state index is 13.2. The van der Waals surface area contributed by atoms with E-state index in [2.05, 4.69) is 10.2 Å². The molecule has 0 spiro atoms. The molecule has 2 heterocycles. The summed E-state index contributed by atoms with van der Waals surface area (Å²) in [5.74, 6) is -0.389. The number of rotatable bonds is 10. The van der Waals surface area contributed by atoms with Crippen LogP contribution in [0.3, 0.4) is 0 Å². The van der Waals surface area contributed by atoms with Gasteiger partial charge in [0.25, 0.3) is 11.1 Å². The molecule has 5 rings (SSSR count). The second kappa shape index (κ2) is 13.5. The summed E-state index contributed by atoms with van der Waals surface area (Å²) in [7, 11) is 0. The van der Waals surface area contributed by atoms with Crippen molar-refractivity contribution in [3.63, 3.8) is 0 Å². The van der Waals surface area contributed by atoms with Crippen molar-refractivity contribution in [1.29, 1.82) is 0 Å². The molecule has 1 N–H and O–H groups in total. The summed E-state index contributed by atoms with van der Waals surface area (Å²) in [6, 6.07) is 18.6. The summed E-state index contributed by atoms with van der Waals surface area (Å²) in [5.41, 5.74) is 2.89. The standard InChI is InChI=1S/C31H30FN3O6S/c1-2-40-27-17-22(9-12-26(27)41-20-21-7-10-23(32)11-8-21)18-28-30(37)35(31(38)42-28)19-29(36)33-24-5-3-4-6-25(24)34-13-15-39-16-14-34/h3-12,17-18H,2,13-16,19-20H2,1H3,(H,33,36)/b28-18-. The summed E-state index contributed by atoms with van der Waals surface area (Å²) in [6.45, 7) is 4.65. The van der Waals surface area contributed by atoms with Gasteiger partial charge in [-0.25, -0.2) is 4.39 Å². The molecule has 3 amide bonds. The van der Waals surface area contributed by atoms with Crippen LogP contribution in [0.4, 0.5) is 20.6 Å². The lowest BCUT2D eigenvalue weighted by Crippen LogP contribution is -2.38. The van der Waals surface area contributed by atoms with Crippen LogP contribution < -0.4 is 19.7 Å². The molecular formula is C31H30FN3O6S. The number of imide groups is 1. The van der Waals surface area contributed by atoms with Gasteiger partial charge in [-0.3, -0.25) is 19.3 Å². The van der Waals surface area contributed by atoms with Gasteiger partial charge in [0.05, 0.1) is 36.1 Å². The quantitative estimate of drug-likeness (QED) is 0.317. The number of nitrogens with one attached hydrogen (secondary N) is 1. The van der Waals surface area contributed by atoms with Crippen LogP contribution in [0.25, 0.3) is 6.08 Å². The highest BCUT2D eigenvalue weighted by Gasteiger charge is 2.36. The molecule has 0 aliphatic carbocycles. The highest BCUT2D eigenvalue weighted by molar-refractivity contribution is 8.18. The molecule has 0 atom stereocenters. The number of thioether (sulfide) groups is 1. The smallest absolute Gasteiger partial charge is 0.294 e. The molecule has 0 unspecified atom stereocenters. The number of halogens is 1. The Morgan fingerprint density at radius 1 is 1.02 bits per heavy atom. The molecule has 0 saturated carbocycles. The van der Waals surface area contributed by atoms with Gasteiger partial charge in [0.1, 0.15) is 19.0 Å². The highest BCUT2D eigenvalue weighted by atomic mass is 32.2. The third-order valence-electron chi connectivity index (χ3n) is 6.58. The molecule has 0 aromatic heterocycles. The molecule has 2 aliphatic rings. The van der Waals surface area contributed by atoms with Crippen molar-refractivity contribution in [3.8, 4) is 11.5 Å². The zero-order valence-electron chi connectivity index (χ0n) is 23.0. The van der Waals surface area contributed by atoms with Crippen molar-refractivity contribution in [2.24, 2.45) is 0 Å². The summed E-state index contributed by atoms with van der Waals surface area (Å²) in [4.78, 5) is 42.0. The highest BCUT2D eigenvalue weighted by Crippen LogP contribution is 2.35. The number of anilines is 2. The lowest BCUT2D eigenvalue weighted by atomic mass is 10.1. The number of morpholine rings is 1. The van der Waals surface area contributed by atoms with Gasteiger partial charge >= 0.3 is 0 Å². The normalized spacial score (nSPS) is 16.2. The Bertz CT molecular complexity index is 1490. The fourth-order valence-electron chi connectivity index (χ4n) is 4.52. The monoisotopic (exact) mass is 591 g/mol. The maximum atomic E-state index is 13.2. The fourth-order valence-corrected chi connectivity index (χ4v) is 5.36. The van der Waals surface area contributed by atoms with Crippen molar-refractivity contribution < 1.29 is 33.0 Å². The SMILES string of the molecule is CCOc1cc(/C=C2\SC(=O)N(CC(=O)Nc3ccccc3N3CCOCC3)C2=O)ccc1OCc1ccc(F)cc1. The number of nitrogens with zero attached hydrogens (tertiary/aromatic N) is 2. The van der Waals surface area contributed by atoms with Gasteiger partial charge in [0.2, 0.25) is 5.91 Å². The Kier molecular flexibility index (Phi) is 9.40. The van der Waals surface area contributed by atoms with Crippen LogP contribution in [-0.4, -0.2) is 61.4 Å². The predicted molar refractivity (Wildman–Crippen MR) is 159 cm³/mol. The zero-order valence-corrected chi connectivity index (χ0v) is 23.8. The maximum Gasteiger partial charge on any atom is 0.294 e. The number of ether oxygens (including phenoxy) is 3. The number of para-hydroxylation sites is 2. The fraction of sp³-hybridized carbons (Fsp3) is 0.258. The van der Waals surface area contributed by atoms with Crippen LogP contribution in [0.5, 0.6) is 11.5 Å². The van der Waals surface area contributed by atoms with Crippen LogP contribution in [0.15, 0.2) is 71.6 Å². The van der Waals surface area contributed by atoms with E-state index in [1.807, 2.05) is 25.1 Å². The van der Waals surface area contributed by atoms with Crippen molar-refractivity contribution in [2.45, 2.75) is 13.5 Å². The molecule has 9 nitrogen and oxygen atoms in total.